The fraction of sp³-hybridized carbons (Fsp3) is 0.424. The van der Waals surface area contributed by atoms with Gasteiger partial charge in [-0.05, 0) is 96.5 Å². The van der Waals surface area contributed by atoms with Crippen LogP contribution in [0.3, 0.4) is 0 Å². The Morgan fingerprint density at radius 3 is 2.45 bits per heavy atom. The molecule has 3 aromatic carbocycles. The number of alkyl halides is 1. The molecule has 0 N–H and O–H groups in total. The highest BCUT2D eigenvalue weighted by atomic mass is 19.1. The molecule has 2 unspecified atom stereocenters. The maximum Gasteiger partial charge on any atom is 0.144 e. The summed E-state index contributed by atoms with van der Waals surface area (Å²) in [5.74, 6) is 1.88. The summed E-state index contributed by atoms with van der Waals surface area (Å²) in [6, 6.07) is 20.3. The maximum absolute atomic E-state index is 16.3. The van der Waals surface area contributed by atoms with Gasteiger partial charge in [-0.3, -0.25) is 0 Å². The third kappa shape index (κ3) is 5.27. The van der Waals surface area contributed by atoms with Gasteiger partial charge in [-0.25, -0.2) is 8.78 Å². The summed E-state index contributed by atoms with van der Waals surface area (Å²) in [7, 11) is 1.51. The van der Waals surface area contributed by atoms with Crippen LogP contribution in [0.15, 0.2) is 60.7 Å². The van der Waals surface area contributed by atoms with Crippen molar-refractivity contribution < 1.29 is 18.3 Å². The Morgan fingerprint density at radius 1 is 1.00 bits per heavy atom. The summed E-state index contributed by atoms with van der Waals surface area (Å²) in [5.41, 5.74) is 2.24. The highest BCUT2D eigenvalue weighted by Crippen LogP contribution is 2.52. The van der Waals surface area contributed by atoms with Crippen LogP contribution in [0.2, 0.25) is 0 Å². The minimum Gasteiger partial charge on any atom is -0.497 e. The number of nitriles is 1. The van der Waals surface area contributed by atoms with Gasteiger partial charge in [0.15, 0.2) is 0 Å². The second kappa shape index (κ2) is 11.2. The van der Waals surface area contributed by atoms with Gasteiger partial charge in [0.05, 0.1) is 18.6 Å². The fourth-order valence-electron chi connectivity index (χ4n) is 6.07. The van der Waals surface area contributed by atoms with Crippen molar-refractivity contribution in [2.45, 2.75) is 70.6 Å². The molecule has 0 saturated heterocycles. The Hall–Kier alpha value is -3.39. The molecule has 0 radical (unpaired) electrons. The molecule has 5 heteroatoms. The molecule has 2 aliphatic carbocycles. The number of hydrogen-bond donors (Lipinski definition) is 0. The highest BCUT2D eigenvalue weighted by molar-refractivity contribution is 5.71. The predicted octanol–water partition coefficient (Wildman–Crippen LogP) is 9.08. The molecular formula is C33H35F2NO2. The minimum atomic E-state index is -1.56. The van der Waals surface area contributed by atoms with Gasteiger partial charge in [0.25, 0.3) is 0 Å². The number of rotatable bonds is 10. The second-order valence-electron chi connectivity index (χ2n) is 10.8. The van der Waals surface area contributed by atoms with Crippen molar-refractivity contribution in [1.29, 1.82) is 5.26 Å². The van der Waals surface area contributed by atoms with Crippen molar-refractivity contribution in [3.63, 3.8) is 0 Å². The summed E-state index contributed by atoms with van der Waals surface area (Å²) < 4.78 is 42.8. The van der Waals surface area contributed by atoms with Gasteiger partial charge in [0, 0.05) is 5.56 Å². The highest BCUT2D eigenvalue weighted by Gasteiger charge is 2.44. The molecule has 0 aromatic heterocycles. The van der Waals surface area contributed by atoms with Gasteiger partial charge in [-0.2, -0.15) is 5.26 Å². The Kier molecular flexibility index (Phi) is 7.70. The molecule has 38 heavy (non-hydrogen) atoms. The normalized spacial score (nSPS) is 18.0. The Bertz CT molecular complexity index is 1320. The molecule has 2 fully saturated rings. The first kappa shape index (κ1) is 26.2. The molecule has 2 aliphatic rings. The summed E-state index contributed by atoms with van der Waals surface area (Å²) in [4.78, 5) is 0. The molecule has 0 bridgehead atoms. The first-order valence-corrected chi connectivity index (χ1v) is 13.7. The zero-order valence-electron chi connectivity index (χ0n) is 22.2. The minimum absolute atomic E-state index is 0.248. The van der Waals surface area contributed by atoms with E-state index in [-0.39, 0.29) is 11.1 Å². The lowest BCUT2D eigenvalue weighted by Crippen LogP contribution is -2.21. The fourth-order valence-corrected chi connectivity index (χ4v) is 6.07. The largest absolute Gasteiger partial charge is 0.497 e. The van der Waals surface area contributed by atoms with Crippen molar-refractivity contribution in [3.8, 4) is 28.7 Å². The molecule has 0 spiro atoms. The number of nitrogens with zero attached hydrogens (tertiary/aromatic N) is 1. The van der Waals surface area contributed by atoms with E-state index in [1.54, 1.807) is 24.3 Å². The van der Waals surface area contributed by atoms with Crippen LogP contribution in [-0.4, -0.2) is 7.11 Å². The lowest BCUT2D eigenvalue weighted by atomic mass is 9.77. The Balaban J connectivity index is 1.47. The van der Waals surface area contributed by atoms with Gasteiger partial charge >= 0.3 is 0 Å². The van der Waals surface area contributed by atoms with E-state index in [4.69, 9.17) is 9.47 Å². The van der Waals surface area contributed by atoms with Crippen molar-refractivity contribution >= 4 is 0 Å². The van der Waals surface area contributed by atoms with E-state index in [1.165, 1.54) is 37.6 Å². The van der Waals surface area contributed by atoms with Gasteiger partial charge in [-0.1, -0.05) is 50.1 Å². The van der Waals surface area contributed by atoms with E-state index < -0.39 is 17.4 Å². The molecule has 2 atom stereocenters. The number of hydrogen-bond acceptors (Lipinski definition) is 3. The molecule has 2 saturated carbocycles. The molecule has 3 nitrogen and oxygen atoms in total. The Labute approximate surface area is 224 Å². The van der Waals surface area contributed by atoms with E-state index in [9.17, 15) is 9.65 Å². The monoisotopic (exact) mass is 515 g/mol. The van der Waals surface area contributed by atoms with Crippen LogP contribution in [0.5, 0.6) is 11.5 Å². The number of halogens is 2. The molecule has 198 valence electrons. The molecule has 3 aromatic rings. The van der Waals surface area contributed by atoms with Crippen LogP contribution in [0.25, 0.3) is 11.1 Å². The predicted molar refractivity (Wildman–Crippen MR) is 145 cm³/mol. The molecule has 0 aliphatic heterocycles. The molecular weight excluding hydrogens is 480 g/mol. The summed E-state index contributed by atoms with van der Waals surface area (Å²) in [5, 5.41) is 9.99. The van der Waals surface area contributed by atoms with Crippen LogP contribution in [0, 0.1) is 28.5 Å². The van der Waals surface area contributed by atoms with Crippen LogP contribution < -0.4 is 9.47 Å². The smallest absolute Gasteiger partial charge is 0.144 e. The SMILES string of the molecule is CCC(c1cccc(COc2ccc(-c3cc(OC)ccc3F)c(C(F)C3(C#N)CCCC3)c2)c1)C1CC1. The summed E-state index contributed by atoms with van der Waals surface area (Å²) >= 11 is 0. The summed E-state index contributed by atoms with van der Waals surface area (Å²) in [6.45, 7) is 2.59. The topological polar surface area (TPSA) is 42.2 Å². The maximum atomic E-state index is 16.3. The summed E-state index contributed by atoms with van der Waals surface area (Å²) in [6.07, 6.45) is 4.76. The van der Waals surface area contributed by atoms with E-state index >= 15 is 4.39 Å². The standard InChI is InChI=1S/C33H35F2NO2/c1-3-27(23-9-10-23)24-8-6-7-22(17-24)20-38-26-11-13-28(29-18-25(37-2)12-14-31(29)34)30(19-26)32(35)33(21-36)15-4-5-16-33/h6-8,11-14,17-19,23,27,32H,3-5,9-10,15-16,20H2,1-2H3. The van der Waals surface area contributed by atoms with Crippen molar-refractivity contribution in [2.75, 3.05) is 7.11 Å². The van der Waals surface area contributed by atoms with Gasteiger partial charge in [0.1, 0.15) is 30.1 Å². The van der Waals surface area contributed by atoms with Gasteiger partial charge < -0.3 is 9.47 Å². The zero-order valence-corrected chi connectivity index (χ0v) is 22.2. The van der Waals surface area contributed by atoms with Crippen molar-refractivity contribution in [2.24, 2.45) is 11.3 Å². The molecule has 0 amide bonds. The van der Waals surface area contributed by atoms with E-state index in [1.807, 2.05) is 6.07 Å². The average molecular weight is 516 g/mol. The lowest BCUT2D eigenvalue weighted by Gasteiger charge is -2.27. The number of ether oxygens (including phenoxy) is 2. The quantitative estimate of drug-likeness (QED) is 0.270. The number of benzene rings is 3. The Morgan fingerprint density at radius 2 is 1.76 bits per heavy atom. The van der Waals surface area contributed by atoms with E-state index in [0.29, 0.717) is 42.4 Å². The van der Waals surface area contributed by atoms with E-state index in [0.717, 1.165) is 30.7 Å². The van der Waals surface area contributed by atoms with Crippen molar-refractivity contribution in [1.82, 2.24) is 0 Å². The first-order chi connectivity index (χ1) is 18.5. The van der Waals surface area contributed by atoms with Crippen LogP contribution in [0.1, 0.15) is 80.6 Å². The zero-order chi connectivity index (χ0) is 26.7. The number of methoxy groups -OCH3 is 1. The second-order valence-corrected chi connectivity index (χ2v) is 10.8. The van der Waals surface area contributed by atoms with Crippen LogP contribution in [0.4, 0.5) is 8.78 Å². The third-order valence-corrected chi connectivity index (χ3v) is 8.38. The lowest BCUT2D eigenvalue weighted by molar-refractivity contribution is 0.169. The van der Waals surface area contributed by atoms with Crippen LogP contribution in [-0.2, 0) is 6.61 Å². The average Bonchev–Trinajstić information content (AvgIpc) is 3.67. The third-order valence-electron chi connectivity index (χ3n) is 8.38. The van der Waals surface area contributed by atoms with E-state index in [2.05, 4.69) is 31.2 Å². The molecule has 5 rings (SSSR count). The van der Waals surface area contributed by atoms with Crippen molar-refractivity contribution in [3.05, 3.63) is 83.2 Å². The molecule has 0 heterocycles. The first-order valence-electron chi connectivity index (χ1n) is 13.7. The van der Waals surface area contributed by atoms with Gasteiger partial charge in [0.2, 0.25) is 0 Å². The van der Waals surface area contributed by atoms with Gasteiger partial charge in [-0.15, -0.1) is 0 Å². The van der Waals surface area contributed by atoms with Crippen LogP contribution >= 0.6 is 0 Å².